The van der Waals surface area contributed by atoms with E-state index in [0.717, 1.165) is 0 Å². The Kier molecular flexibility index (Phi) is 5.26. The Morgan fingerprint density at radius 1 is 1.13 bits per heavy atom. The third-order valence-electron chi connectivity index (χ3n) is 3.01. The lowest BCUT2D eigenvalue weighted by molar-refractivity contribution is -0.201. The van der Waals surface area contributed by atoms with Gasteiger partial charge in [-0.1, -0.05) is 6.08 Å². The first-order chi connectivity index (χ1) is 10.3. The van der Waals surface area contributed by atoms with E-state index >= 15 is 0 Å². The van der Waals surface area contributed by atoms with Crippen LogP contribution >= 0.6 is 0 Å². The Morgan fingerprint density at radius 3 is 2.09 bits per heavy atom. The minimum Gasteiger partial charge on any atom is -0.458 e. The predicted molar refractivity (Wildman–Crippen MR) is 81.8 cm³/mol. The van der Waals surface area contributed by atoms with Crippen molar-refractivity contribution in [2.24, 2.45) is 0 Å². The number of esters is 1. The van der Waals surface area contributed by atoms with Crippen LogP contribution in [0.4, 0.5) is 4.79 Å². The molecule has 0 aromatic carbocycles. The first-order valence-corrected chi connectivity index (χ1v) is 7.46. The number of nitrogens with zero attached hydrogens (tertiary/aromatic N) is 1. The molecule has 1 rings (SSSR count). The molecule has 1 atom stereocenters. The van der Waals surface area contributed by atoms with Gasteiger partial charge in [0.05, 0.1) is 0 Å². The van der Waals surface area contributed by atoms with Crippen LogP contribution in [0.2, 0.25) is 0 Å². The van der Waals surface area contributed by atoms with Gasteiger partial charge in [-0.2, -0.15) is 5.06 Å². The number of amides is 1. The minimum atomic E-state index is -2.12. The van der Waals surface area contributed by atoms with Gasteiger partial charge in [0.1, 0.15) is 11.2 Å². The van der Waals surface area contributed by atoms with Crippen molar-refractivity contribution in [3.05, 3.63) is 12.2 Å². The second-order valence-electron chi connectivity index (χ2n) is 7.46. The number of hydrogen-bond donors (Lipinski definition) is 1. The topological polar surface area (TPSA) is 93.1 Å². The first kappa shape index (κ1) is 19.2. The molecule has 1 N–H and O–H groups in total. The number of hydrogen-bond acceptors (Lipinski definition) is 6. The molecule has 130 valence electrons. The number of rotatable bonds is 2. The van der Waals surface area contributed by atoms with Crippen molar-refractivity contribution in [1.29, 1.82) is 0 Å². The smallest absolute Gasteiger partial charge is 0.435 e. The zero-order valence-electron chi connectivity index (χ0n) is 14.5. The van der Waals surface area contributed by atoms with Crippen LogP contribution in [0.1, 0.15) is 54.4 Å². The van der Waals surface area contributed by atoms with Crippen LogP contribution in [-0.2, 0) is 19.1 Å². The lowest BCUT2D eigenvalue weighted by atomic mass is 9.84. The number of allylic oxidation sites excluding steroid dienone is 1. The molecular formula is C16H25NO6. The predicted octanol–water partition coefficient (Wildman–Crippen LogP) is 2.61. The average molecular weight is 327 g/mol. The lowest BCUT2D eigenvalue weighted by Gasteiger charge is -2.38. The zero-order chi connectivity index (χ0) is 18.1. The summed E-state index contributed by atoms with van der Waals surface area (Å²) in [6.45, 7) is 9.75. The quantitative estimate of drug-likeness (QED) is 0.363. The number of ether oxygens (including phenoxy) is 2. The maximum absolute atomic E-state index is 12.6. The summed E-state index contributed by atoms with van der Waals surface area (Å²) in [6, 6.07) is 0. The fourth-order valence-electron chi connectivity index (χ4n) is 2.07. The maximum atomic E-state index is 12.6. The van der Waals surface area contributed by atoms with E-state index in [9.17, 15) is 19.6 Å². The molecule has 0 aromatic heterocycles. The number of carbonyl (C=O) groups excluding carboxylic acids is 3. The Balaban J connectivity index is 3.20. The molecule has 1 amide bonds. The SMILES string of the molecule is CC(C)(C)OC(=O)N(O)C1(C(=O)OC(C)(C)C)CCC=CC1=O. The van der Waals surface area contributed by atoms with Gasteiger partial charge in [0.15, 0.2) is 5.78 Å². The molecule has 7 nitrogen and oxygen atoms in total. The second-order valence-corrected chi connectivity index (χ2v) is 7.46. The van der Waals surface area contributed by atoms with Crippen molar-refractivity contribution in [2.45, 2.75) is 71.1 Å². The molecule has 0 saturated heterocycles. The van der Waals surface area contributed by atoms with Gasteiger partial charge in [-0.05, 0) is 60.5 Å². The van der Waals surface area contributed by atoms with Crippen molar-refractivity contribution in [1.82, 2.24) is 5.06 Å². The molecule has 0 heterocycles. The van der Waals surface area contributed by atoms with Gasteiger partial charge >= 0.3 is 12.1 Å². The van der Waals surface area contributed by atoms with E-state index in [4.69, 9.17) is 9.47 Å². The third-order valence-corrected chi connectivity index (χ3v) is 3.01. The summed E-state index contributed by atoms with van der Waals surface area (Å²) < 4.78 is 10.3. The minimum absolute atomic E-state index is 0.0676. The van der Waals surface area contributed by atoms with E-state index in [0.29, 0.717) is 6.42 Å². The Morgan fingerprint density at radius 2 is 1.65 bits per heavy atom. The highest BCUT2D eigenvalue weighted by molar-refractivity contribution is 6.15. The van der Waals surface area contributed by atoms with Crippen LogP contribution in [0.5, 0.6) is 0 Å². The third kappa shape index (κ3) is 4.54. The van der Waals surface area contributed by atoms with E-state index in [1.165, 1.54) is 6.08 Å². The molecule has 0 aliphatic heterocycles. The molecule has 0 saturated carbocycles. The zero-order valence-corrected chi connectivity index (χ0v) is 14.5. The molecule has 7 heteroatoms. The number of ketones is 1. The molecule has 0 bridgehead atoms. The molecule has 0 radical (unpaired) electrons. The van der Waals surface area contributed by atoms with Gasteiger partial charge in [-0.15, -0.1) is 0 Å². The molecule has 0 spiro atoms. The standard InChI is InChI=1S/C16H25NO6/c1-14(2,3)22-12(19)16(10-8-7-9-11(16)18)17(21)13(20)23-15(4,5)6/h7,9,21H,8,10H2,1-6H3. The fraction of sp³-hybridized carbons (Fsp3) is 0.688. The van der Waals surface area contributed by atoms with Gasteiger partial charge in [0.2, 0.25) is 5.54 Å². The molecule has 1 unspecified atom stereocenters. The summed E-state index contributed by atoms with van der Waals surface area (Å²) in [7, 11) is 0. The van der Waals surface area contributed by atoms with Gasteiger partial charge in [0.25, 0.3) is 0 Å². The highest BCUT2D eigenvalue weighted by Crippen LogP contribution is 2.31. The van der Waals surface area contributed by atoms with E-state index in [-0.39, 0.29) is 11.5 Å². The highest BCUT2D eigenvalue weighted by atomic mass is 16.6. The molecule has 0 fully saturated rings. The van der Waals surface area contributed by atoms with Crippen molar-refractivity contribution in [3.8, 4) is 0 Å². The van der Waals surface area contributed by atoms with E-state index < -0.39 is 34.6 Å². The molecule has 1 aliphatic rings. The average Bonchev–Trinajstić information content (AvgIpc) is 2.34. The summed E-state index contributed by atoms with van der Waals surface area (Å²) in [4.78, 5) is 37.1. The number of carbonyl (C=O) groups is 3. The van der Waals surface area contributed by atoms with Crippen LogP contribution in [0.15, 0.2) is 12.2 Å². The lowest BCUT2D eigenvalue weighted by Crippen LogP contribution is -2.63. The summed E-state index contributed by atoms with van der Waals surface area (Å²) in [5, 5.41) is 10.4. The molecule has 1 aliphatic carbocycles. The Bertz CT molecular complexity index is 526. The fourth-order valence-corrected chi connectivity index (χ4v) is 2.07. The van der Waals surface area contributed by atoms with Crippen LogP contribution in [0.3, 0.4) is 0 Å². The Hall–Kier alpha value is -1.89. The van der Waals surface area contributed by atoms with Gasteiger partial charge in [0, 0.05) is 0 Å². The molecule has 0 aromatic rings. The second kappa shape index (κ2) is 6.31. The summed E-state index contributed by atoms with van der Waals surface area (Å²) in [6.07, 6.45) is 1.83. The van der Waals surface area contributed by atoms with Crippen LogP contribution in [-0.4, -0.2) is 44.9 Å². The van der Waals surface area contributed by atoms with Crippen molar-refractivity contribution in [3.63, 3.8) is 0 Å². The van der Waals surface area contributed by atoms with Crippen LogP contribution in [0, 0.1) is 0 Å². The molecule has 23 heavy (non-hydrogen) atoms. The van der Waals surface area contributed by atoms with Crippen LogP contribution < -0.4 is 0 Å². The van der Waals surface area contributed by atoms with Crippen molar-refractivity contribution >= 4 is 17.8 Å². The van der Waals surface area contributed by atoms with Crippen molar-refractivity contribution in [2.75, 3.05) is 0 Å². The summed E-state index contributed by atoms with van der Waals surface area (Å²) in [5.41, 5.74) is -3.88. The maximum Gasteiger partial charge on any atom is 0.435 e. The van der Waals surface area contributed by atoms with E-state index in [1.807, 2.05) is 0 Å². The van der Waals surface area contributed by atoms with E-state index in [2.05, 4.69) is 0 Å². The Labute approximate surface area is 136 Å². The van der Waals surface area contributed by atoms with Gasteiger partial charge < -0.3 is 9.47 Å². The van der Waals surface area contributed by atoms with Gasteiger partial charge in [-0.25, -0.2) is 9.59 Å². The van der Waals surface area contributed by atoms with Crippen LogP contribution in [0.25, 0.3) is 0 Å². The highest BCUT2D eigenvalue weighted by Gasteiger charge is 2.56. The van der Waals surface area contributed by atoms with E-state index in [1.54, 1.807) is 47.6 Å². The van der Waals surface area contributed by atoms with Gasteiger partial charge in [-0.3, -0.25) is 10.0 Å². The molecular weight excluding hydrogens is 302 g/mol. The normalized spacial score (nSPS) is 21.8. The largest absolute Gasteiger partial charge is 0.458 e. The first-order valence-electron chi connectivity index (χ1n) is 7.46. The van der Waals surface area contributed by atoms with Crippen molar-refractivity contribution < 1.29 is 29.1 Å². The summed E-state index contributed by atoms with van der Waals surface area (Å²) in [5.74, 6) is -1.70. The summed E-state index contributed by atoms with van der Waals surface area (Å²) >= 11 is 0. The number of hydroxylamine groups is 2. The monoisotopic (exact) mass is 327 g/mol.